The van der Waals surface area contributed by atoms with E-state index in [1.54, 1.807) is 0 Å². The molecular formula is C26H27N3O2. The highest BCUT2D eigenvalue weighted by molar-refractivity contribution is 5.79. The van der Waals surface area contributed by atoms with Gasteiger partial charge in [-0.2, -0.15) is 0 Å². The summed E-state index contributed by atoms with van der Waals surface area (Å²) in [6.07, 6.45) is 0. The van der Waals surface area contributed by atoms with Gasteiger partial charge in [0, 0.05) is 6.54 Å². The van der Waals surface area contributed by atoms with Crippen LogP contribution in [0.15, 0.2) is 72.8 Å². The molecule has 0 unspecified atom stereocenters. The average molecular weight is 414 g/mol. The van der Waals surface area contributed by atoms with Crippen LogP contribution in [0, 0.1) is 13.8 Å². The lowest BCUT2D eigenvalue weighted by Crippen LogP contribution is -2.32. The van der Waals surface area contributed by atoms with E-state index < -0.39 is 0 Å². The van der Waals surface area contributed by atoms with Crippen molar-refractivity contribution in [3.05, 3.63) is 95.3 Å². The Morgan fingerprint density at radius 2 is 1.77 bits per heavy atom. The van der Waals surface area contributed by atoms with Gasteiger partial charge in [-0.1, -0.05) is 54.1 Å². The second kappa shape index (κ2) is 9.04. The van der Waals surface area contributed by atoms with E-state index in [4.69, 9.17) is 9.72 Å². The highest BCUT2D eigenvalue weighted by atomic mass is 16.5. The molecule has 1 N–H and O–H groups in total. The Hall–Kier alpha value is -3.60. The third kappa shape index (κ3) is 4.77. The molecule has 3 aromatic carbocycles. The molecule has 0 fully saturated rings. The van der Waals surface area contributed by atoms with Crippen molar-refractivity contribution in [1.29, 1.82) is 0 Å². The Labute approximate surface area is 182 Å². The summed E-state index contributed by atoms with van der Waals surface area (Å²) >= 11 is 0. The van der Waals surface area contributed by atoms with Crippen molar-refractivity contribution in [2.45, 2.75) is 33.4 Å². The SMILES string of the molecule is Cc1ccc(C)c(Cn2c([C@H](C)NC(=O)COc3ccccc3)nc3ccccc32)c1. The molecule has 1 atom stereocenters. The normalized spacial score (nSPS) is 12.0. The summed E-state index contributed by atoms with van der Waals surface area (Å²) in [6, 6.07) is 23.6. The summed E-state index contributed by atoms with van der Waals surface area (Å²) in [7, 11) is 0. The van der Waals surface area contributed by atoms with Crippen LogP contribution in [0.5, 0.6) is 5.75 Å². The predicted octanol–water partition coefficient (Wildman–Crippen LogP) is 4.96. The standard InChI is InChI=1S/C26H27N3O2/c1-18-13-14-19(2)21(15-18)16-29-24-12-8-7-11-23(24)28-26(29)20(3)27-25(30)17-31-22-9-5-4-6-10-22/h4-15,20H,16-17H2,1-3H3,(H,27,30)/t20-/m0/s1. The van der Waals surface area contributed by atoms with Gasteiger partial charge in [0.05, 0.1) is 17.1 Å². The molecule has 0 aliphatic heterocycles. The number of rotatable bonds is 7. The van der Waals surface area contributed by atoms with Crippen molar-refractivity contribution < 1.29 is 9.53 Å². The van der Waals surface area contributed by atoms with Crippen LogP contribution in [0.1, 0.15) is 35.5 Å². The number of hydrogen-bond donors (Lipinski definition) is 1. The first-order valence-electron chi connectivity index (χ1n) is 10.5. The molecule has 5 nitrogen and oxygen atoms in total. The minimum Gasteiger partial charge on any atom is -0.484 e. The van der Waals surface area contributed by atoms with Crippen LogP contribution in [0.25, 0.3) is 11.0 Å². The molecular weight excluding hydrogens is 386 g/mol. The summed E-state index contributed by atoms with van der Waals surface area (Å²) in [6.45, 7) is 6.85. The molecule has 4 rings (SSSR count). The first-order chi connectivity index (χ1) is 15.0. The van der Waals surface area contributed by atoms with Crippen LogP contribution in [-0.4, -0.2) is 22.1 Å². The van der Waals surface area contributed by atoms with E-state index in [-0.39, 0.29) is 18.6 Å². The number of nitrogens with zero attached hydrogens (tertiary/aromatic N) is 2. The Morgan fingerprint density at radius 1 is 1.03 bits per heavy atom. The van der Waals surface area contributed by atoms with Gasteiger partial charge < -0.3 is 14.6 Å². The summed E-state index contributed by atoms with van der Waals surface area (Å²) < 4.78 is 7.77. The van der Waals surface area contributed by atoms with Gasteiger partial charge in [0.25, 0.3) is 5.91 Å². The van der Waals surface area contributed by atoms with Gasteiger partial charge in [-0.15, -0.1) is 0 Å². The van der Waals surface area contributed by atoms with Gasteiger partial charge in [0.2, 0.25) is 0 Å². The van der Waals surface area contributed by atoms with E-state index in [0.29, 0.717) is 12.3 Å². The fourth-order valence-corrected chi connectivity index (χ4v) is 3.75. The van der Waals surface area contributed by atoms with E-state index in [0.717, 1.165) is 16.9 Å². The number of nitrogens with one attached hydrogen (secondary N) is 1. The van der Waals surface area contributed by atoms with Crippen LogP contribution >= 0.6 is 0 Å². The lowest BCUT2D eigenvalue weighted by molar-refractivity contribution is -0.123. The largest absolute Gasteiger partial charge is 0.484 e. The van der Waals surface area contributed by atoms with Gasteiger partial charge in [-0.3, -0.25) is 4.79 Å². The molecule has 158 valence electrons. The predicted molar refractivity (Wildman–Crippen MR) is 123 cm³/mol. The molecule has 4 aromatic rings. The first-order valence-corrected chi connectivity index (χ1v) is 10.5. The molecule has 1 amide bonds. The van der Waals surface area contributed by atoms with Crippen molar-refractivity contribution in [3.8, 4) is 5.75 Å². The van der Waals surface area contributed by atoms with E-state index >= 15 is 0 Å². The lowest BCUT2D eigenvalue weighted by atomic mass is 10.1. The second-order valence-corrected chi connectivity index (χ2v) is 7.87. The molecule has 1 heterocycles. The highest BCUT2D eigenvalue weighted by Gasteiger charge is 2.19. The van der Waals surface area contributed by atoms with Crippen LogP contribution < -0.4 is 10.1 Å². The number of imidazole rings is 1. The molecule has 5 heteroatoms. The molecule has 0 bridgehead atoms. The maximum Gasteiger partial charge on any atom is 0.258 e. The van der Waals surface area contributed by atoms with Crippen molar-refractivity contribution in [2.24, 2.45) is 0 Å². The maximum atomic E-state index is 12.5. The number of aromatic nitrogens is 2. The molecule has 31 heavy (non-hydrogen) atoms. The third-order valence-corrected chi connectivity index (χ3v) is 5.40. The minimum atomic E-state index is -0.260. The molecule has 1 aromatic heterocycles. The number of fused-ring (bicyclic) bond motifs is 1. The number of hydrogen-bond acceptors (Lipinski definition) is 3. The van der Waals surface area contributed by atoms with Crippen molar-refractivity contribution in [3.63, 3.8) is 0 Å². The smallest absolute Gasteiger partial charge is 0.258 e. The van der Waals surface area contributed by atoms with Crippen molar-refractivity contribution in [2.75, 3.05) is 6.61 Å². The molecule has 0 saturated carbocycles. The zero-order chi connectivity index (χ0) is 21.8. The Kier molecular flexibility index (Phi) is 6.03. The van der Waals surface area contributed by atoms with Crippen LogP contribution in [-0.2, 0) is 11.3 Å². The van der Waals surface area contributed by atoms with Crippen LogP contribution in [0.2, 0.25) is 0 Å². The first kappa shape index (κ1) is 20.7. The highest BCUT2D eigenvalue weighted by Crippen LogP contribution is 2.23. The van der Waals surface area contributed by atoms with Gasteiger partial charge in [0.15, 0.2) is 6.61 Å². The van der Waals surface area contributed by atoms with E-state index in [9.17, 15) is 4.79 Å². The Morgan fingerprint density at radius 3 is 2.58 bits per heavy atom. The summed E-state index contributed by atoms with van der Waals surface area (Å²) in [5.74, 6) is 1.32. The molecule has 0 spiro atoms. The Bertz CT molecular complexity index is 1200. The quantitative estimate of drug-likeness (QED) is 0.466. The fraction of sp³-hybridized carbons (Fsp3) is 0.231. The van der Waals surface area contributed by atoms with Gasteiger partial charge in [-0.05, 0) is 56.2 Å². The Balaban J connectivity index is 1.57. The van der Waals surface area contributed by atoms with Crippen molar-refractivity contribution in [1.82, 2.24) is 14.9 Å². The van der Waals surface area contributed by atoms with Crippen molar-refractivity contribution >= 4 is 16.9 Å². The number of carbonyl (C=O) groups excluding carboxylic acids is 1. The monoisotopic (exact) mass is 413 g/mol. The van der Waals surface area contributed by atoms with Crippen LogP contribution in [0.4, 0.5) is 0 Å². The summed E-state index contributed by atoms with van der Waals surface area (Å²) in [5.41, 5.74) is 5.69. The number of amides is 1. The molecule has 0 aliphatic carbocycles. The lowest BCUT2D eigenvalue weighted by Gasteiger charge is -2.18. The van der Waals surface area contributed by atoms with Gasteiger partial charge in [0.1, 0.15) is 11.6 Å². The average Bonchev–Trinajstić information content (AvgIpc) is 3.14. The van der Waals surface area contributed by atoms with Crippen LogP contribution in [0.3, 0.4) is 0 Å². The van der Waals surface area contributed by atoms with E-state index in [1.807, 2.05) is 55.5 Å². The maximum absolute atomic E-state index is 12.5. The second-order valence-electron chi connectivity index (χ2n) is 7.87. The molecule has 0 saturated heterocycles. The van der Waals surface area contributed by atoms with E-state index in [1.165, 1.54) is 16.7 Å². The number of aryl methyl sites for hydroxylation is 2. The summed E-state index contributed by atoms with van der Waals surface area (Å²) in [4.78, 5) is 17.4. The zero-order valence-electron chi connectivity index (χ0n) is 18.1. The third-order valence-electron chi connectivity index (χ3n) is 5.40. The number of benzene rings is 3. The number of carbonyl (C=O) groups is 1. The van der Waals surface area contributed by atoms with Gasteiger partial charge in [-0.25, -0.2) is 4.98 Å². The number of para-hydroxylation sites is 3. The fourth-order valence-electron chi connectivity index (χ4n) is 3.75. The zero-order valence-corrected chi connectivity index (χ0v) is 18.1. The van der Waals surface area contributed by atoms with E-state index in [2.05, 4.69) is 48.0 Å². The molecule has 0 radical (unpaired) electrons. The summed E-state index contributed by atoms with van der Waals surface area (Å²) in [5, 5.41) is 3.03. The minimum absolute atomic E-state index is 0.0361. The topological polar surface area (TPSA) is 56.2 Å². The number of ether oxygens (including phenoxy) is 1. The van der Waals surface area contributed by atoms with Gasteiger partial charge >= 0.3 is 0 Å². The molecule has 0 aliphatic rings.